The van der Waals surface area contributed by atoms with Crippen LogP contribution in [-0.2, 0) is 22.9 Å². The summed E-state index contributed by atoms with van der Waals surface area (Å²) >= 11 is 0. The molecule has 0 aromatic heterocycles. The van der Waals surface area contributed by atoms with E-state index in [0.717, 1.165) is 17.5 Å². The highest BCUT2D eigenvalue weighted by Gasteiger charge is 2.08. The first-order valence-corrected chi connectivity index (χ1v) is 8.59. The summed E-state index contributed by atoms with van der Waals surface area (Å²) in [5, 5.41) is 0. The van der Waals surface area contributed by atoms with E-state index in [2.05, 4.69) is 0 Å². The number of ether oxygens (including phenoxy) is 1. The maximum Gasteiger partial charge on any atom is 0.175 e. The Balaban J connectivity index is 2.14. The van der Waals surface area contributed by atoms with Crippen molar-refractivity contribution in [2.45, 2.75) is 17.9 Å². The summed E-state index contributed by atoms with van der Waals surface area (Å²) in [6, 6.07) is 14.5. The van der Waals surface area contributed by atoms with Crippen molar-refractivity contribution in [2.24, 2.45) is 5.73 Å². The number of hydrogen-bond donors (Lipinski definition) is 1. The van der Waals surface area contributed by atoms with Gasteiger partial charge < -0.3 is 10.5 Å². The largest absolute Gasteiger partial charge is 0.489 e. The van der Waals surface area contributed by atoms with Gasteiger partial charge in [0.05, 0.1) is 4.90 Å². The van der Waals surface area contributed by atoms with Gasteiger partial charge in [0.1, 0.15) is 12.4 Å². The molecule has 0 aliphatic carbocycles. The van der Waals surface area contributed by atoms with E-state index in [9.17, 15) is 8.42 Å². The van der Waals surface area contributed by atoms with Crippen molar-refractivity contribution in [3.8, 4) is 5.75 Å². The molecule has 2 N–H and O–H groups in total. The molecule has 0 spiro atoms. The molecule has 4 nitrogen and oxygen atoms in total. The lowest BCUT2D eigenvalue weighted by Gasteiger charge is -2.11. The fourth-order valence-electron chi connectivity index (χ4n) is 2.05. The summed E-state index contributed by atoms with van der Waals surface area (Å²) in [5.41, 5.74) is 7.81. The van der Waals surface area contributed by atoms with Gasteiger partial charge in [-0.25, -0.2) is 8.42 Å². The van der Waals surface area contributed by atoms with E-state index in [1.165, 1.54) is 6.26 Å². The van der Waals surface area contributed by atoms with E-state index in [1.807, 2.05) is 24.3 Å². The van der Waals surface area contributed by atoms with Crippen molar-refractivity contribution in [3.05, 3.63) is 59.7 Å². The van der Waals surface area contributed by atoms with Crippen LogP contribution >= 0.6 is 0 Å². The molecule has 0 fully saturated rings. The predicted octanol–water partition coefficient (Wildman–Crippen LogP) is 2.17. The molecular weight excluding hydrogens is 286 g/mol. The SMILES string of the molecule is CS(=O)(=O)c1cccc(OCc2ccccc2CCN)c1. The average molecular weight is 305 g/mol. The zero-order valence-electron chi connectivity index (χ0n) is 12.0. The number of hydrogen-bond acceptors (Lipinski definition) is 4. The predicted molar refractivity (Wildman–Crippen MR) is 83.1 cm³/mol. The van der Waals surface area contributed by atoms with Gasteiger partial charge in [-0.3, -0.25) is 0 Å². The van der Waals surface area contributed by atoms with Crippen LogP contribution in [0.2, 0.25) is 0 Å². The molecule has 2 aromatic carbocycles. The molecule has 5 heteroatoms. The minimum Gasteiger partial charge on any atom is -0.489 e. The second kappa shape index (κ2) is 6.74. The van der Waals surface area contributed by atoms with Crippen molar-refractivity contribution in [1.82, 2.24) is 0 Å². The van der Waals surface area contributed by atoms with E-state index < -0.39 is 9.84 Å². The lowest BCUT2D eigenvalue weighted by Crippen LogP contribution is -2.07. The zero-order chi connectivity index (χ0) is 15.3. The Bertz CT molecular complexity index is 711. The Hall–Kier alpha value is -1.85. The quantitative estimate of drug-likeness (QED) is 0.888. The maximum absolute atomic E-state index is 11.5. The minimum atomic E-state index is -3.22. The topological polar surface area (TPSA) is 69.4 Å². The second-order valence-corrected chi connectivity index (χ2v) is 6.86. The maximum atomic E-state index is 11.5. The third kappa shape index (κ3) is 4.31. The van der Waals surface area contributed by atoms with E-state index >= 15 is 0 Å². The van der Waals surface area contributed by atoms with Crippen molar-refractivity contribution in [1.29, 1.82) is 0 Å². The third-order valence-electron chi connectivity index (χ3n) is 3.16. The molecule has 112 valence electrons. The molecule has 0 aliphatic rings. The van der Waals surface area contributed by atoms with Gasteiger partial charge in [-0.2, -0.15) is 0 Å². The second-order valence-electron chi connectivity index (χ2n) is 4.84. The molecule has 0 saturated heterocycles. The Morgan fingerprint density at radius 1 is 1.05 bits per heavy atom. The van der Waals surface area contributed by atoms with Gasteiger partial charge in [0.15, 0.2) is 9.84 Å². The minimum absolute atomic E-state index is 0.259. The molecular formula is C16H19NO3S. The molecule has 0 atom stereocenters. The standard InChI is InChI=1S/C16H19NO3S/c1-21(18,19)16-8-4-7-15(11-16)20-12-14-6-3-2-5-13(14)9-10-17/h2-8,11H,9-10,12,17H2,1H3. The monoisotopic (exact) mass is 305 g/mol. The van der Waals surface area contributed by atoms with E-state index in [-0.39, 0.29) is 4.90 Å². The number of rotatable bonds is 6. The normalized spacial score (nSPS) is 11.3. The average Bonchev–Trinajstić information content (AvgIpc) is 2.46. The van der Waals surface area contributed by atoms with Crippen molar-refractivity contribution >= 4 is 9.84 Å². The number of sulfone groups is 1. The van der Waals surface area contributed by atoms with Crippen LogP contribution in [0, 0.1) is 0 Å². The first kappa shape index (κ1) is 15.5. The molecule has 2 aromatic rings. The molecule has 0 bridgehead atoms. The van der Waals surface area contributed by atoms with E-state index in [1.54, 1.807) is 24.3 Å². The molecule has 0 unspecified atom stereocenters. The first-order valence-electron chi connectivity index (χ1n) is 6.70. The summed E-state index contributed by atoms with van der Waals surface area (Å²) in [4.78, 5) is 0.259. The summed E-state index contributed by atoms with van der Waals surface area (Å²) in [7, 11) is -3.22. The Kier molecular flexibility index (Phi) is 4.98. The van der Waals surface area contributed by atoms with Gasteiger partial charge in [0.2, 0.25) is 0 Å². The summed E-state index contributed by atoms with van der Waals surface area (Å²) < 4.78 is 28.8. The highest BCUT2D eigenvalue weighted by molar-refractivity contribution is 7.90. The van der Waals surface area contributed by atoms with Crippen LogP contribution in [0.5, 0.6) is 5.75 Å². The van der Waals surface area contributed by atoms with Crippen LogP contribution in [0.4, 0.5) is 0 Å². The summed E-state index contributed by atoms with van der Waals surface area (Å²) in [6.07, 6.45) is 1.98. The smallest absolute Gasteiger partial charge is 0.175 e. The van der Waals surface area contributed by atoms with Crippen LogP contribution in [0.15, 0.2) is 53.4 Å². The fraction of sp³-hybridized carbons (Fsp3) is 0.250. The van der Waals surface area contributed by atoms with Gasteiger partial charge in [0.25, 0.3) is 0 Å². The molecule has 0 radical (unpaired) electrons. The van der Waals surface area contributed by atoms with Gasteiger partial charge in [-0.1, -0.05) is 30.3 Å². The van der Waals surface area contributed by atoms with Gasteiger partial charge in [-0.05, 0) is 42.3 Å². The van der Waals surface area contributed by atoms with Crippen LogP contribution in [-0.4, -0.2) is 21.2 Å². The molecule has 0 heterocycles. The number of nitrogens with two attached hydrogens (primary N) is 1. The lowest BCUT2D eigenvalue weighted by molar-refractivity contribution is 0.304. The molecule has 0 saturated carbocycles. The van der Waals surface area contributed by atoms with Gasteiger partial charge in [0, 0.05) is 6.26 Å². The van der Waals surface area contributed by atoms with Crippen LogP contribution < -0.4 is 10.5 Å². The van der Waals surface area contributed by atoms with Crippen molar-refractivity contribution in [2.75, 3.05) is 12.8 Å². The molecule has 0 amide bonds. The molecule has 21 heavy (non-hydrogen) atoms. The fourth-order valence-corrected chi connectivity index (χ4v) is 2.71. The Morgan fingerprint density at radius 3 is 2.43 bits per heavy atom. The van der Waals surface area contributed by atoms with Crippen LogP contribution in [0.3, 0.4) is 0 Å². The molecule has 2 rings (SSSR count). The Morgan fingerprint density at radius 2 is 1.76 bits per heavy atom. The summed E-state index contributed by atoms with van der Waals surface area (Å²) in [6.45, 7) is 0.976. The highest BCUT2D eigenvalue weighted by atomic mass is 32.2. The Labute approximate surface area is 125 Å². The number of benzene rings is 2. The third-order valence-corrected chi connectivity index (χ3v) is 4.27. The van der Waals surface area contributed by atoms with Crippen LogP contribution in [0.1, 0.15) is 11.1 Å². The highest BCUT2D eigenvalue weighted by Crippen LogP contribution is 2.19. The van der Waals surface area contributed by atoms with Crippen molar-refractivity contribution < 1.29 is 13.2 Å². The van der Waals surface area contributed by atoms with Gasteiger partial charge in [-0.15, -0.1) is 0 Å². The van der Waals surface area contributed by atoms with E-state index in [4.69, 9.17) is 10.5 Å². The first-order chi connectivity index (χ1) is 10.0. The summed E-state index contributed by atoms with van der Waals surface area (Å²) in [5.74, 6) is 0.542. The zero-order valence-corrected chi connectivity index (χ0v) is 12.8. The van der Waals surface area contributed by atoms with Crippen molar-refractivity contribution in [3.63, 3.8) is 0 Å². The van der Waals surface area contributed by atoms with Crippen LogP contribution in [0.25, 0.3) is 0 Å². The van der Waals surface area contributed by atoms with Gasteiger partial charge >= 0.3 is 0 Å². The lowest BCUT2D eigenvalue weighted by atomic mass is 10.1. The van der Waals surface area contributed by atoms with E-state index in [0.29, 0.717) is 18.9 Å². The molecule has 0 aliphatic heterocycles.